The molecule has 0 amide bonds. The summed E-state index contributed by atoms with van der Waals surface area (Å²) in [6.07, 6.45) is 2.58. The molecule has 0 aromatic heterocycles. The summed E-state index contributed by atoms with van der Waals surface area (Å²) in [6.45, 7) is 8.15. The van der Waals surface area contributed by atoms with Gasteiger partial charge < -0.3 is 5.73 Å². The van der Waals surface area contributed by atoms with Crippen molar-refractivity contribution in [2.75, 3.05) is 6.54 Å². The lowest BCUT2D eigenvalue weighted by Gasteiger charge is -2.04. The molecule has 0 spiro atoms. The van der Waals surface area contributed by atoms with Crippen LogP contribution in [0.2, 0.25) is 0 Å². The first-order valence-electron chi connectivity index (χ1n) is 5.69. The zero-order valence-electron chi connectivity index (χ0n) is 11.1. The molecule has 20 heavy (non-hydrogen) atoms. The molecule has 0 aromatic rings. The Kier molecular flexibility index (Phi) is 7.42. The number of hydrogen-bond acceptors (Lipinski definition) is 5. The number of nitro groups is 1. The Morgan fingerprint density at radius 3 is 2.40 bits per heavy atom. The van der Waals surface area contributed by atoms with Crippen molar-refractivity contribution in [2.45, 2.75) is 13.3 Å². The van der Waals surface area contributed by atoms with Gasteiger partial charge in [0.05, 0.1) is 11.5 Å². The third-order valence-corrected chi connectivity index (χ3v) is 2.36. The van der Waals surface area contributed by atoms with E-state index < -0.39 is 22.1 Å². The van der Waals surface area contributed by atoms with Gasteiger partial charge in [0, 0.05) is 5.57 Å². The van der Waals surface area contributed by atoms with Gasteiger partial charge in [0.1, 0.15) is 11.5 Å². The molecule has 0 saturated carbocycles. The maximum atomic E-state index is 13.3. The molecule has 2 N–H and O–H groups in total. The number of aldehydes is 1. The van der Waals surface area contributed by atoms with Crippen molar-refractivity contribution in [3.8, 4) is 0 Å². The van der Waals surface area contributed by atoms with Gasteiger partial charge in [0.25, 0.3) is 0 Å². The largest absolute Gasteiger partial charge is 0.390 e. The number of hydrogen-bond donors (Lipinski definition) is 1. The highest BCUT2D eigenvalue weighted by Gasteiger charge is 2.22. The van der Waals surface area contributed by atoms with Crippen LogP contribution in [0, 0.1) is 10.1 Å². The molecule has 0 radical (unpaired) electrons. The van der Waals surface area contributed by atoms with Crippen molar-refractivity contribution in [3.05, 3.63) is 58.2 Å². The van der Waals surface area contributed by atoms with E-state index in [0.717, 1.165) is 6.08 Å². The Morgan fingerprint density at radius 2 is 2.05 bits per heavy atom. The van der Waals surface area contributed by atoms with Crippen LogP contribution >= 0.6 is 0 Å². The second kappa shape index (κ2) is 8.52. The van der Waals surface area contributed by atoms with Gasteiger partial charge in [-0.1, -0.05) is 26.2 Å². The average Bonchev–Trinajstić information content (AvgIpc) is 2.44. The molecule has 0 saturated heterocycles. The van der Waals surface area contributed by atoms with Crippen molar-refractivity contribution in [1.29, 1.82) is 0 Å². The summed E-state index contributed by atoms with van der Waals surface area (Å²) in [7, 11) is 0. The topological polar surface area (TPSA) is 98.6 Å². The van der Waals surface area contributed by atoms with E-state index in [4.69, 9.17) is 5.73 Å². The lowest BCUT2D eigenvalue weighted by atomic mass is 10.1. The quantitative estimate of drug-likeness (QED) is 0.184. The maximum absolute atomic E-state index is 13.3. The predicted molar refractivity (Wildman–Crippen MR) is 75.4 cm³/mol. The van der Waals surface area contributed by atoms with Crippen LogP contribution in [0.3, 0.4) is 0 Å². The van der Waals surface area contributed by atoms with E-state index in [-0.39, 0.29) is 30.5 Å². The molecule has 0 aromatic carbocycles. The second-order valence-electron chi connectivity index (χ2n) is 3.58. The monoisotopic (exact) mass is 281 g/mol. The molecule has 0 atom stereocenters. The third-order valence-electron chi connectivity index (χ3n) is 2.36. The van der Waals surface area contributed by atoms with E-state index in [2.05, 4.69) is 18.2 Å². The van der Waals surface area contributed by atoms with Crippen molar-refractivity contribution in [2.24, 2.45) is 10.7 Å². The lowest BCUT2D eigenvalue weighted by molar-refractivity contribution is -0.416. The van der Waals surface area contributed by atoms with Gasteiger partial charge in [0.15, 0.2) is 12.0 Å². The first kappa shape index (κ1) is 17.4. The first-order valence-corrected chi connectivity index (χ1v) is 5.69. The molecule has 0 heterocycles. The van der Waals surface area contributed by atoms with Gasteiger partial charge >= 0.3 is 5.70 Å². The van der Waals surface area contributed by atoms with Gasteiger partial charge in [-0.25, -0.2) is 4.39 Å². The Hall–Kier alpha value is -2.57. The molecule has 0 fully saturated rings. The van der Waals surface area contributed by atoms with Crippen LogP contribution < -0.4 is 5.73 Å². The van der Waals surface area contributed by atoms with Crippen molar-refractivity contribution < 1.29 is 14.1 Å². The smallest absolute Gasteiger partial charge is 0.316 e. The summed E-state index contributed by atoms with van der Waals surface area (Å²) < 4.78 is 13.3. The van der Waals surface area contributed by atoms with E-state index in [9.17, 15) is 19.3 Å². The number of carbonyl (C=O) groups is 1. The van der Waals surface area contributed by atoms with Crippen LogP contribution in [-0.2, 0) is 4.79 Å². The molecular formula is C13H16FN3O3. The van der Waals surface area contributed by atoms with Crippen LogP contribution in [0.4, 0.5) is 4.39 Å². The number of nitrogens with zero attached hydrogens (tertiary/aromatic N) is 2. The summed E-state index contributed by atoms with van der Waals surface area (Å²) in [5.74, 6) is -0.616. The molecule has 108 valence electrons. The molecule has 0 aliphatic heterocycles. The highest BCUT2D eigenvalue weighted by Crippen LogP contribution is 2.12. The van der Waals surface area contributed by atoms with Gasteiger partial charge in [0.2, 0.25) is 0 Å². The number of allylic oxidation sites excluding steroid dienone is 4. The summed E-state index contributed by atoms with van der Waals surface area (Å²) in [5.41, 5.74) is 4.34. The molecule has 0 rings (SSSR count). The third kappa shape index (κ3) is 4.60. The van der Waals surface area contributed by atoms with Crippen LogP contribution in [0.25, 0.3) is 0 Å². The molecule has 0 aliphatic carbocycles. The fraction of sp³-hybridized carbons (Fsp3) is 0.231. The summed E-state index contributed by atoms with van der Waals surface area (Å²) in [5, 5.41) is 10.9. The number of nitrogens with two attached hydrogens (primary N) is 1. The Bertz CT molecular complexity index is 519. The highest BCUT2D eigenvalue weighted by molar-refractivity contribution is 6.01. The van der Waals surface area contributed by atoms with E-state index >= 15 is 0 Å². The minimum atomic E-state index is -0.785. The van der Waals surface area contributed by atoms with Crippen molar-refractivity contribution in [1.82, 2.24) is 0 Å². The van der Waals surface area contributed by atoms with Gasteiger partial charge in [-0.3, -0.25) is 19.9 Å². The fourth-order valence-electron chi connectivity index (χ4n) is 1.34. The number of aliphatic imine (C=N–C) groups is 1. The summed E-state index contributed by atoms with van der Waals surface area (Å²) in [6, 6.07) is 0. The minimum Gasteiger partial charge on any atom is -0.390 e. The van der Waals surface area contributed by atoms with E-state index in [0.29, 0.717) is 0 Å². The van der Waals surface area contributed by atoms with E-state index in [1.165, 1.54) is 6.08 Å². The molecule has 0 unspecified atom stereocenters. The van der Waals surface area contributed by atoms with Crippen molar-refractivity contribution in [3.63, 3.8) is 0 Å². The molecule has 0 aliphatic rings. The van der Waals surface area contributed by atoms with Crippen LogP contribution in [0.15, 0.2) is 53.1 Å². The fourth-order valence-corrected chi connectivity index (χ4v) is 1.34. The summed E-state index contributed by atoms with van der Waals surface area (Å²) in [4.78, 5) is 24.6. The molecular weight excluding hydrogens is 265 g/mol. The number of carbonyl (C=O) groups excluding carboxylic acids is 1. The van der Waals surface area contributed by atoms with Gasteiger partial charge in [-0.2, -0.15) is 0 Å². The minimum absolute atomic E-state index is 0.0100. The Labute approximate surface area is 116 Å². The van der Waals surface area contributed by atoms with E-state index in [1.807, 2.05) is 0 Å². The standard InChI is InChI=1S/C13H16FN3O3/c1-4-9(10(14)5-2)7-16-12(6-3)13(17(19)20)11(15)8-18/h4-5,8H,1-2,6-7,15H2,3H3/b10-9-,13-11+,16-12?. The van der Waals surface area contributed by atoms with Gasteiger partial charge in [-0.15, -0.1) is 0 Å². The van der Waals surface area contributed by atoms with Gasteiger partial charge in [-0.05, 0) is 12.5 Å². The zero-order valence-corrected chi connectivity index (χ0v) is 11.1. The second-order valence-corrected chi connectivity index (χ2v) is 3.58. The normalized spacial score (nSPS) is 14.0. The number of halogens is 1. The molecule has 7 heteroatoms. The number of rotatable bonds is 8. The average molecular weight is 281 g/mol. The Balaban J connectivity index is 5.63. The summed E-state index contributed by atoms with van der Waals surface area (Å²) >= 11 is 0. The Morgan fingerprint density at radius 1 is 1.45 bits per heavy atom. The van der Waals surface area contributed by atoms with E-state index in [1.54, 1.807) is 6.92 Å². The molecule has 6 nitrogen and oxygen atoms in total. The van der Waals surface area contributed by atoms with Crippen LogP contribution in [-0.4, -0.2) is 23.5 Å². The molecule has 0 bridgehead atoms. The highest BCUT2D eigenvalue weighted by atomic mass is 19.1. The lowest BCUT2D eigenvalue weighted by Crippen LogP contribution is -2.19. The predicted octanol–water partition coefficient (Wildman–Crippen LogP) is 2.08. The van der Waals surface area contributed by atoms with Crippen molar-refractivity contribution >= 4 is 12.0 Å². The van der Waals surface area contributed by atoms with Crippen LogP contribution in [0.5, 0.6) is 0 Å². The SMILES string of the molecule is C=C/C(F)=C(\C=C)CN=C(CC)/C(=C(\N)C=O)[N+](=O)[O-]. The zero-order chi connectivity index (χ0) is 15.7. The maximum Gasteiger partial charge on any atom is 0.316 e. The van der Waals surface area contributed by atoms with Crippen LogP contribution in [0.1, 0.15) is 13.3 Å². The first-order chi connectivity index (χ1) is 9.42.